The Morgan fingerprint density at radius 1 is 1.40 bits per heavy atom. The summed E-state index contributed by atoms with van der Waals surface area (Å²) in [5.74, 6) is 0.369. The molecule has 2 heterocycles. The Balaban J connectivity index is 2.67. The Morgan fingerprint density at radius 3 is 2.73 bits per heavy atom. The van der Waals surface area contributed by atoms with E-state index in [1.165, 1.54) is 6.20 Å². The van der Waals surface area contributed by atoms with Gasteiger partial charge in [-0.2, -0.15) is 18.3 Å². The van der Waals surface area contributed by atoms with E-state index < -0.39 is 11.7 Å². The number of hydrogen-bond acceptors (Lipinski definition) is 3. The van der Waals surface area contributed by atoms with E-state index in [0.717, 1.165) is 10.7 Å². The zero-order valence-electron chi connectivity index (χ0n) is 7.71. The van der Waals surface area contributed by atoms with E-state index in [9.17, 15) is 13.2 Å². The van der Waals surface area contributed by atoms with E-state index in [1.807, 2.05) is 0 Å². The van der Waals surface area contributed by atoms with Crippen LogP contribution in [0.1, 0.15) is 5.56 Å². The highest BCUT2D eigenvalue weighted by Crippen LogP contribution is 2.31. The summed E-state index contributed by atoms with van der Waals surface area (Å²) in [6.07, 6.45) is -2.24. The average molecular weight is 216 g/mol. The zero-order valence-corrected chi connectivity index (χ0v) is 7.71. The summed E-state index contributed by atoms with van der Waals surface area (Å²) in [5.41, 5.74) is -1.03. The fourth-order valence-corrected chi connectivity index (χ4v) is 1.21. The van der Waals surface area contributed by atoms with E-state index in [2.05, 4.69) is 15.4 Å². The second kappa shape index (κ2) is 3.11. The topological polar surface area (TPSA) is 42.2 Å². The summed E-state index contributed by atoms with van der Waals surface area (Å²) in [6, 6.07) is 1.54. The molecule has 80 valence electrons. The van der Waals surface area contributed by atoms with Crippen LogP contribution in [0.2, 0.25) is 0 Å². The van der Waals surface area contributed by atoms with Crippen molar-refractivity contribution in [2.75, 3.05) is 12.4 Å². The Hall–Kier alpha value is -1.79. The summed E-state index contributed by atoms with van der Waals surface area (Å²) in [4.78, 5) is 3.79. The van der Waals surface area contributed by atoms with Crippen molar-refractivity contribution in [1.29, 1.82) is 0 Å². The molecule has 0 radical (unpaired) electrons. The lowest BCUT2D eigenvalue weighted by Gasteiger charge is -2.04. The van der Waals surface area contributed by atoms with Crippen LogP contribution in [0.4, 0.5) is 19.0 Å². The van der Waals surface area contributed by atoms with Gasteiger partial charge in [0.15, 0.2) is 5.65 Å². The molecule has 2 rings (SSSR count). The second-order valence-electron chi connectivity index (χ2n) is 2.89. The van der Waals surface area contributed by atoms with Gasteiger partial charge in [0, 0.05) is 13.2 Å². The largest absolute Gasteiger partial charge is 0.421 e. The molecule has 0 aromatic carbocycles. The van der Waals surface area contributed by atoms with E-state index in [-0.39, 0.29) is 5.65 Å². The Kier molecular flexibility index (Phi) is 2.02. The van der Waals surface area contributed by atoms with Gasteiger partial charge < -0.3 is 5.32 Å². The molecule has 0 spiro atoms. The minimum absolute atomic E-state index is 0.200. The number of aromatic nitrogens is 3. The molecular weight excluding hydrogens is 209 g/mol. The standard InChI is InChI=1S/C8H7F3N4/c1-12-6-2-3-15-7(14-6)5(4-13-15)8(9,10)11/h2-4H,1H3,(H,12,14). The van der Waals surface area contributed by atoms with Gasteiger partial charge in [0.25, 0.3) is 0 Å². The summed E-state index contributed by atoms with van der Waals surface area (Å²) in [5, 5.41) is 6.23. The summed E-state index contributed by atoms with van der Waals surface area (Å²) >= 11 is 0. The highest BCUT2D eigenvalue weighted by atomic mass is 19.4. The van der Waals surface area contributed by atoms with Gasteiger partial charge >= 0.3 is 6.18 Å². The van der Waals surface area contributed by atoms with Gasteiger partial charge in [0.05, 0.1) is 6.20 Å². The van der Waals surface area contributed by atoms with Crippen LogP contribution in [-0.4, -0.2) is 21.6 Å². The number of fused-ring (bicyclic) bond motifs is 1. The highest BCUT2D eigenvalue weighted by molar-refractivity contribution is 5.52. The van der Waals surface area contributed by atoms with E-state index in [0.29, 0.717) is 5.82 Å². The van der Waals surface area contributed by atoms with Gasteiger partial charge in [0.2, 0.25) is 0 Å². The van der Waals surface area contributed by atoms with Crippen LogP contribution >= 0.6 is 0 Å². The van der Waals surface area contributed by atoms with Crippen molar-refractivity contribution in [3.63, 3.8) is 0 Å². The van der Waals surface area contributed by atoms with Gasteiger partial charge in [-0.25, -0.2) is 9.50 Å². The van der Waals surface area contributed by atoms with Crippen molar-refractivity contribution in [1.82, 2.24) is 14.6 Å². The van der Waals surface area contributed by atoms with Gasteiger partial charge in [0.1, 0.15) is 11.4 Å². The van der Waals surface area contributed by atoms with E-state index >= 15 is 0 Å². The summed E-state index contributed by atoms with van der Waals surface area (Å²) in [6.45, 7) is 0. The normalized spacial score (nSPS) is 12.0. The van der Waals surface area contributed by atoms with Crippen molar-refractivity contribution in [2.45, 2.75) is 6.18 Å². The number of halogens is 3. The smallest absolute Gasteiger partial charge is 0.373 e. The van der Waals surface area contributed by atoms with Crippen LogP contribution in [0.25, 0.3) is 5.65 Å². The second-order valence-corrected chi connectivity index (χ2v) is 2.89. The quantitative estimate of drug-likeness (QED) is 0.790. The maximum Gasteiger partial charge on any atom is 0.421 e. The van der Waals surface area contributed by atoms with Crippen LogP contribution in [0.3, 0.4) is 0 Å². The van der Waals surface area contributed by atoms with E-state index in [4.69, 9.17) is 0 Å². The van der Waals surface area contributed by atoms with Gasteiger partial charge in [-0.3, -0.25) is 0 Å². The molecule has 0 fully saturated rings. The molecule has 0 aliphatic heterocycles. The van der Waals surface area contributed by atoms with Crippen molar-refractivity contribution in [3.8, 4) is 0 Å². The molecule has 0 atom stereocenters. The first-order valence-electron chi connectivity index (χ1n) is 4.11. The average Bonchev–Trinajstić information content (AvgIpc) is 2.59. The van der Waals surface area contributed by atoms with Crippen LogP contribution < -0.4 is 5.32 Å². The Bertz CT molecular complexity index is 488. The molecular formula is C8H7F3N4. The molecule has 2 aromatic heterocycles. The number of rotatable bonds is 1. The highest BCUT2D eigenvalue weighted by Gasteiger charge is 2.35. The molecule has 0 aliphatic carbocycles. The third-order valence-corrected chi connectivity index (χ3v) is 1.93. The molecule has 15 heavy (non-hydrogen) atoms. The fourth-order valence-electron chi connectivity index (χ4n) is 1.21. The van der Waals surface area contributed by atoms with Crippen LogP contribution in [0.15, 0.2) is 18.5 Å². The predicted octanol–water partition coefficient (Wildman–Crippen LogP) is 1.79. The van der Waals surface area contributed by atoms with Crippen molar-refractivity contribution >= 4 is 11.5 Å². The fraction of sp³-hybridized carbons (Fsp3) is 0.250. The first-order valence-corrected chi connectivity index (χ1v) is 4.11. The molecule has 0 saturated carbocycles. The number of alkyl halides is 3. The number of nitrogens with one attached hydrogen (secondary N) is 1. The van der Waals surface area contributed by atoms with Crippen LogP contribution in [0.5, 0.6) is 0 Å². The Labute approximate surface area is 82.7 Å². The monoisotopic (exact) mass is 216 g/mol. The zero-order chi connectivity index (χ0) is 11.1. The Morgan fingerprint density at radius 2 is 2.13 bits per heavy atom. The van der Waals surface area contributed by atoms with Gasteiger partial charge in [-0.15, -0.1) is 0 Å². The maximum absolute atomic E-state index is 12.5. The first kappa shape index (κ1) is 9.75. The molecule has 4 nitrogen and oxygen atoms in total. The SMILES string of the molecule is CNc1ccn2ncc(C(F)(F)F)c2n1. The van der Waals surface area contributed by atoms with Crippen LogP contribution in [0, 0.1) is 0 Å². The first-order chi connectivity index (χ1) is 7.02. The lowest BCUT2D eigenvalue weighted by molar-refractivity contribution is -0.136. The lowest BCUT2D eigenvalue weighted by Crippen LogP contribution is -2.05. The minimum Gasteiger partial charge on any atom is -0.373 e. The number of anilines is 1. The van der Waals surface area contributed by atoms with Crippen molar-refractivity contribution < 1.29 is 13.2 Å². The predicted molar refractivity (Wildman–Crippen MR) is 47.5 cm³/mol. The molecule has 7 heteroatoms. The minimum atomic E-state index is -4.43. The molecule has 0 bridgehead atoms. The number of hydrogen-bond donors (Lipinski definition) is 1. The molecule has 1 N–H and O–H groups in total. The van der Waals surface area contributed by atoms with Crippen molar-refractivity contribution in [3.05, 3.63) is 24.0 Å². The molecule has 0 unspecified atom stereocenters. The molecule has 0 saturated heterocycles. The van der Waals surface area contributed by atoms with Crippen LogP contribution in [-0.2, 0) is 6.18 Å². The van der Waals surface area contributed by atoms with Gasteiger partial charge in [-0.05, 0) is 6.07 Å². The third kappa shape index (κ3) is 1.60. The third-order valence-electron chi connectivity index (χ3n) is 1.93. The summed E-state index contributed by atoms with van der Waals surface area (Å²) < 4.78 is 38.5. The maximum atomic E-state index is 12.5. The number of nitrogens with zero attached hydrogens (tertiary/aromatic N) is 3. The molecule has 0 aliphatic rings. The van der Waals surface area contributed by atoms with Gasteiger partial charge in [-0.1, -0.05) is 0 Å². The molecule has 0 amide bonds. The summed E-state index contributed by atoms with van der Waals surface area (Å²) in [7, 11) is 1.59. The molecule has 2 aromatic rings. The van der Waals surface area contributed by atoms with Crippen molar-refractivity contribution in [2.24, 2.45) is 0 Å². The van der Waals surface area contributed by atoms with E-state index in [1.54, 1.807) is 13.1 Å². The lowest BCUT2D eigenvalue weighted by atomic mass is 10.3.